The van der Waals surface area contributed by atoms with Crippen LogP contribution in [-0.2, 0) is 6.54 Å². The first-order valence-corrected chi connectivity index (χ1v) is 8.14. The minimum atomic E-state index is 0.0381. The fraction of sp³-hybridized carbons (Fsp3) is 0.316. The molecule has 2 aromatic rings. The van der Waals surface area contributed by atoms with Crippen molar-refractivity contribution in [1.82, 2.24) is 0 Å². The Balaban J connectivity index is 1.47. The van der Waals surface area contributed by atoms with Crippen molar-refractivity contribution in [1.29, 1.82) is 0 Å². The van der Waals surface area contributed by atoms with E-state index in [1.165, 1.54) is 18.4 Å². The second kappa shape index (κ2) is 4.75. The number of hydrogen-bond acceptors (Lipinski definition) is 3. The highest BCUT2D eigenvalue weighted by molar-refractivity contribution is 6.10. The number of hydrogen-bond donors (Lipinski definition) is 0. The van der Waals surface area contributed by atoms with Crippen molar-refractivity contribution in [3.05, 3.63) is 53.1 Å². The van der Waals surface area contributed by atoms with E-state index < -0.39 is 0 Å². The summed E-state index contributed by atoms with van der Waals surface area (Å²) in [6.07, 6.45) is 2.58. The Morgan fingerprint density at radius 1 is 0.957 bits per heavy atom. The van der Waals surface area contributed by atoms with Crippen LogP contribution in [-0.4, -0.2) is 19.1 Å². The SMILES string of the molecule is O=C1c2cc3c(cc2CN1c1ccc(C2CC2)cc1)OCCO3. The molecule has 1 fully saturated rings. The minimum absolute atomic E-state index is 0.0381. The molecule has 2 aromatic carbocycles. The monoisotopic (exact) mass is 307 g/mol. The Labute approximate surface area is 134 Å². The Morgan fingerprint density at radius 3 is 2.35 bits per heavy atom. The quantitative estimate of drug-likeness (QED) is 0.852. The number of nitrogens with zero attached hydrogens (tertiary/aromatic N) is 1. The van der Waals surface area contributed by atoms with Gasteiger partial charge in [-0.3, -0.25) is 4.79 Å². The van der Waals surface area contributed by atoms with Gasteiger partial charge in [0.25, 0.3) is 5.91 Å². The van der Waals surface area contributed by atoms with Crippen molar-refractivity contribution >= 4 is 11.6 Å². The van der Waals surface area contributed by atoms with Crippen LogP contribution >= 0.6 is 0 Å². The summed E-state index contributed by atoms with van der Waals surface area (Å²) < 4.78 is 11.2. The van der Waals surface area contributed by atoms with Gasteiger partial charge in [-0.25, -0.2) is 0 Å². The Kier molecular flexibility index (Phi) is 2.68. The van der Waals surface area contributed by atoms with Crippen molar-refractivity contribution in [3.8, 4) is 11.5 Å². The van der Waals surface area contributed by atoms with Gasteiger partial charge in [-0.05, 0) is 54.2 Å². The van der Waals surface area contributed by atoms with Gasteiger partial charge in [0.05, 0.1) is 6.54 Å². The normalized spacial score (nSPS) is 19.0. The van der Waals surface area contributed by atoms with E-state index in [-0.39, 0.29) is 5.91 Å². The van der Waals surface area contributed by atoms with E-state index in [0.29, 0.717) is 25.5 Å². The molecular weight excluding hydrogens is 290 g/mol. The summed E-state index contributed by atoms with van der Waals surface area (Å²) in [5, 5.41) is 0. The highest BCUT2D eigenvalue weighted by Gasteiger charge is 2.31. The predicted octanol–water partition coefficient (Wildman–Crippen LogP) is 3.50. The lowest BCUT2D eigenvalue weighted by atomic mass is 10.1. The molecule has 1 aliphatic carbocycles. The number of carbonyl (C=O) groups is 1. The van der Waals surface area contributed by atoms with Crippen LogP contribution in [0.2, 0.25) is 0 Å². The zero-order chi connectivity index (χ0) is 15.4. The van der Waals surface area contributed by atoms with Gasteiger partial charge >= 0.3 is 0 Å². The van der Waals surface area contributed by atoms with Crippen LogP contribution in [0.25, 0.3) is 0 Å². The molecule has 0 aromatic heterocycles. The van der Waals surface area contributed by atoms with E-state index in [4.69, 9.17) is 9.47 Å². The van der Waals surface area contributed by atoms with Gasteiger partial charge in [-0.2, -0.15) is 0 Å². The lowest BCUT2D eigenvalue weighted by Crippen LogP contribution is -2.22. The molecule has 0 N–H and O–H groups in total. The van der Waals surface area contributed by atoms with Crippen LogP contribution in [0.15, 0.2) is 36.4 Å². The van der Waals surface area contributed by atoms with Crippen molar-refractivity contribution in [3.63, 3.8) is 0 Å². The van der Waals surface area contributed by atoms with Crippen molar-refractivity contribution in [2.24, 2.45) is 0 Å². The number of fused-ring (bicyclic) bond motifs is 2. The molecule has 3 aliphatic rings. The van der Waals surface area contributed by atoms with Crippen molar-refractivity contribution < 1.29 is 14.3 Å². The molecule has 4 nitrogen and oxygen atoms in total. The molecular formula is C19H17NO3. The van der Waals surface area contributed by atoms with Gasteiger partial charge in [-0.1, -0.05) is 12.1 Å². The lowest BCUT2D eigenvalue weighted by Gasteiger charge is -2.18. The van der Waals surface area contributed by atoms with Crippen LogP contribution in [0.4, 0.5) is 5.69 Å². The molecule has 116 valence electrons. The van der Waals surface area contributed by atoms with Crippen LogP contribution in [0, 0.1) is 0 Å². The molecule has 4 heteroatoms. The van der Waals surface area contributed by atoms with Crippen molar-refractivity contribution in [2.45, 2.75) is 25.3 Å². The van der Waals surface area contributed by atoms with Gasteiger partial charge in [0.2, 0.25) is 0 Å². The number of carbonyl (C=O) groups excluding carboxylic acids is 1. The minimum Gasteiger partial charge on any atom is -0.486 e. The Bertz CT molecular complexity index is 793. The van der Waals surface area contributed by atoms with Gasteiger partial charge < -0.3 is 14.4 Å². The molecule has 0 saturated heterocycles. The largest absolute Gasteiger partial charge is 0.486 e. The smallest absolute Gasteiger partial charge is 0.259 e. The van der Waals surface area contributed by atoms with E-state index in [1.54, 1.807) is 0 Å². The van der Waals surface area contributed by atoms with Crippen molar-refractivity contribution in [2.75, 3.05) is 18.1 Å². The second-order valence-corrected chi connectivity index (χ2v) is 6.41. The average Bonchev–Trinajstić information content (AvgIpc) is 3.39. The summed E-state index contributed by atoms with van der Waals surface area (Å²) in [6.45, 7) is 1.69. The highest BCUT2D eigenvalue weighted by atomic mass is 16.6. The number of rotatable bonds is 2. The molecule has 1 saturated carbocycles. The molecule has 0 unspecified atom stereocenters. The number of ether oxygens (including phenoxy) is 2. The summed E-state index contributed by atoms with van der Waals surface area (Å²) in [5.41, 5.74) is 4.07. The van der Waals surface area contributed by atoms with Gasteiger partial charge in [0, 0.05) is 11.3 Å². The third-order valence-electron chi connectivity index (χ3n) is 4.83. The molecule has 5 rings (SSSR count). The van der Waals surface area contributed by atoms with Crippen LogP contribution in [0.5, 0.6) is 11.5 Å². The summed E-state index contributed by atoms with van der Waals surface area (Å²) in [7, 11) is 0. The first-order chi connectivity index (χ1) is 11.3. The predicted molar refractivity (Wildman–Crippen MR) is 86.4 cm³/mol. The number of benzene rings is 2. The van der Waals surface area contributed by atoms with E-state index in [1.807, 2.05) is 17.0 Å². The Hall–Kier alpha value is -2.49. The number of anilines is 1. The maximum atomic E-state index is 12.7. The molecule has 1 amide bonds. The molecule has 0 bridgehead atoms. The zero-order valence-electron chi connectivity index (χ0n) is 12.7. The maximum Gasteiger partial charge on any atom is 0.259 e. The van der Waals surface area contributed by atoms with Crippen LogP contribution in [0.3, 0.4) is 0 Å². The van der Waals surface area contributed by atoms with E-state index in [9.17, 15) is 4.79 Å². The Morgan fingerprint density at radius 2 is 1.65 bits per heavy atom. The van der Waals surface area contributed by atoms with Gasteiger partial charge in [0.15, 0.2) is 11.5 Å². The lowest BCUT2D eigenvalue weighted by molar-refractivity contribution is 0.0996. The van der Waals surface area contributed by atoms with E-state index >= 15 is 0 Å². The second-order valence-electron chi connectivity index (χ2n) is 6.41. The van der Waals surface area contributed by atoms with Gasteiger partial charge in [-0.15, -0.1) is 0 Å². The van der Waals surface area contributed by atoms with Crippen LogP contribution in [0.1, 0.15) is 40.2 Å². The molecule has 2 heterocycles. The van der Waals surface area contributed by atoms with Crippen LogP contribution < -0.4 is 14.4 Å². The zero-order valence-corrected chi connectivity index (χ0v) is 12.7. The fourth-order valence-electron chi connectivity index (χ4n) is 3.40. The van der Waals surface area contributed by atoms with E-state index in [0.717, 1.165) is 28.5 Å². The summed E-state index contributed by atoms with van der Waals surface area (Å²) in [5.74, 6) is 2.19. The summed E-state index contributed by atoms with van der Waals surface area (Å²) >= 11 is 0. The third-order valence-corrected chi connectivity index (χ3v) is 4.83. The molecule has 0 spiro atoms. The highest BCUT2D eigenvalue weighted by Crippen LogP contribution is 2.41. The standard InChI is InChI=1S/C19H17NO3/c21-19-16-10-18-17(22-7-8-23-18)9-14(16)11-20(19)15-5-3-13(4-6-15)12-1-2-12/h3-6,9-10,12H,1-2,7-8,11H2. The summed E-state index contributed by atoms with van der Waals surface area (Å²) in [6, 6.07) is 12.2. The fourth-order valence-corrected chi connectivity index (χ4v) is 3.40. The average molecular weight is 307 g/mol. The van der Waals surface area contributed by atoms with Gasteiger partial charge in [0.1, 0.15) is 13.2 Å². The molecule has 0 atom stereocenters. The first kappa shape index (κ1) is 13.0. The number of amides is 1. The summed E-state index contributed by atoms with van der Waals surface area (Å²) in [4.78, 5) is 14.6. The first-order valence-electron chi connectivity index (χ1n) is 8.14. The molecule has 0 radical (unpaired) electrons. The van der Waals surface area contributed by atoms with E-state index in [2.05, 4.69) is 24.3 Å². The molecule has 2 aliphatic heterocycles. The third kappa shape index (κ3) is 2.09. The topological polar surface area (TPSA) is 38.8 Å². The molecule has 23 heavy (non-hydrogen) atoms. The maximum absolute atomic E-state index is 12.7.